The number of nitrogens with one attached hydrogen (secondary N) is 2. The normalized spacial score (nSPS) is 11.5. The molecule has 0 atom stereocenters. The lowest BCUT2D eigenvalue weighted by atomic mass is 10.0. The lowest BCUT2D eigenvalue weighted by Gasteiger charge is -2.04. The molecular formula is C17H22N4O. The Bertz CT molecular complexity index is 654. The SMILES string of the molecule is CC(C)c1ccc(/C=N/NC(=O)c2cc(C(C)C)[nH]n2)cc1. The number of aromatic nitrogens is 2. The van der Waals surface area contributed by atoms with Crippen LogP contribution in [0.2, 0.25) is 0 Å². The van der Waals surface area contributed by atoms with Crippen LogP contribution in [-0.2, 0) is 0 Å². The van der Waals surface area contributed by atoms with Crippen LogP contribution < -0.4 is 5.43 Å². The van der Waals surface area contributed by atoms with E-state index in [0.717, 1.165) is 11.3 Å². The van der Waals surface area contributed by atoms with E-state index in [9.17, 15) is 4.79 Å². The van der Waals surface area contributed by atoms with Crippen molar-refractivity contribution in [2.75, 3.05) is 0 Å². The molecule has 116 valence electrons. The molecule has 0 saturated heterocycles. The predicted octanol–water partition coefficient (Wildman–Crippen LogP) is 3.42. The van der Waals surface area contributed by atoms with Crippen molar-refractivity contribution in [2.24, 2.45) is 5.10 Å². The molecule has 1 aromatic carbocycles. The van der Waals surface area contributed by atoms with Gasteiger partial charge in [-0.2, -0.15) is 10.2 Å². The Labute approximate surface area is 130 Å². The molecule has 1 amide bonds. The number of benzene rings is 1. The number of carbonyl (C=O) groups excluding carboxylic acids is 1. The molecule has 2 N–H and O–H groups in total. The van der Waals surface area contributed by atoms with E-state index in [-0.39, 0.29) is 5.91 Å². The lowest BCUT2D eigenvalue weighted by Crippen LogP contribution is -2.18. The molecule has 0 aliphatic rings. The van der Waals surface area contributed by atoms with Crippen LogP contribution in [-0.4, -0.2) is 22.3 Å². The van der Waals surface area contributed by atoms with Gasteiger partial charge in [0.1, 0.15) is 0 Å². The molecule has 0 radical (unpaired) electrons. The first-order chi connectivity index (χ1) is 10.5. The maximum Gasteiger partial charge on any atom is 0.291 e. The van der Waals surface area contributed by atoms with Crippen molar-refractivity contribution in [3.05, 3.63) is 52.8 Å². The van der Waals surface area contributed by atoms with E-state index in [0.29, 0.717) is 17.5 Å². The first-order valence-corrected chi connectivity index (χ1v) is 7.46. The number of H-pyrrole nitrogens is 1. The van der Waals surface area contributed by atoms with Crippen molar-refractivity contribution in [1.29, 1.82) is 0 Å². The minimum absolute atomic E-state index is 0.303. The molecule has 2 rings (SSSR count). The second kappa shape index (κ2) is 7.02. The van der Waals surface area contributed by atoms with E-state index in [1.165, 1.54) is 5.56 Å². The van der Waals surface area contributed by atoms with Crippen LogP contribution in [0.4, 0.5) is 0 Å². The third-order valence-electron chi connectivity index (χ3n) is 3.44. The van der Waals surface area contributed by atoms with Gasteiger partial charge in [0.15, 0.2) is 5.69 Å². The molecule has 1 heterocycles. The van der Waals surface area contributed by atoms with Gasteiger partial charge in [-0.25, -0.2) is 5.43 Å². The number of hydrogen-bond acceptors (Lipinski definition) is 3. The Balaban J connectivity index is 1.94. The van der Waals surface area contributed by atoms with Crippen molar-refractivity contribution in [2.45, 2.75) is 39.5 Å². The molecule has 1 aromatic heterocycles. The van der Waals surface area contributed by atoms with Crippen LogP contribution in [0, 0.1) is 0 Å². The predicted molar refractivity (Wildman–Crippen MR) is 88.3 cm³/mol. The summed E-state index contributed by atoms with van der Waals surface area (Å²) in [7, 11) is 0. The largest absolute Gasteiger partial charge is 0.291 e. The summed E-state index contributed by atoms with van der Waals surface area (Å²) in [5.41, 5.74) is 5.97. The van der Waals surface area contributed by atoms with Gasteiger partial charge in [0, 0.05) is 5.69 Å². The average molecular weight is 298 g/mol. The van der Waals surface area contributed by atoms with Crippen LogP contribution in [0.25, 0.3) is 0 Å². The fourth-order valence-electron chi connectivity index (χ4n) is 1.94. The quantitative estimate of drug-likeness (QED) is 0.656. The minimum Gasteiger partial charge on any atom is -0.282 e. The minimum atomic E-state index is -0.321. The van der Waals surface area contributed by atoms with Gasteiger partial charge in [0.2, 0.25) is 0 Å². The van der Waals surface area contributed by atoms with Gasteiger partial charge in [-0.05, 0) is 29.0 Å². The van der Waals surface area contributed by atoms with Crippen LogP contribution in [0.5, 0.6) is 0 Å². The molecule has 0 unspecified atom stereocenters. The Kier molecular flexibility index (Phi) is 5.09. The van der Waals surface area contributed by atoms with E-state index in [1.807, 2.05) is 26.0 Å². The zero-order valence-electron chi connectivity index (χ0n) is 13.4. The van der Waals surface area contributed by atoms with Crippen molar-refractivity contribution >= 4 is 12.1 Å². The second-order valence-electron chi connectivity index (χ2n) is 5.88. The van der Waals surface area contributed by atoms with Gasteiger partial charge in [0.25, 0.3) is 5.91 Å². The summed E-state index contributed by atoms with van der Waals surface area (Å²) in [6, 6.07) is 9.84. The molecule has 0 fully saturated rings. The summed E-state index contributed by atoms with van der Waals surface area (Å²) >= 11 is 0. The summed E-state index contributed by atoms with van der Waals surface area (Å²) in [5, 5.41) is 10.8. The molecule has 0 bridgehead atoms. The second-order valence-corrected chi connectivity index (χ2v) is 5.88. The Hall–Kier alpha value is -2.43. The van der Waals surface area contributed by atoms with Crippen molar-refractivity contribution < 1.29 is 4.79 Å². The smallest absolute Gasteiger partial charge is 0.282 e. The highest BCUT2D eigenvalue weighted by Gasteiger charge is 2.11. The van der Waals surface area contributed by atoms with Crippen LogP contribution in [0.1, 0.15) is 66.8 Å². The third-order valence-corrected chi connectivity index (χ3v) is 3.44. The fraction of sp³-hybridized carbons (Fsp3) is 0.353. The molecule has 2 aromatic rings. The van der Waals surface area contributed by atoms with Crippen LogP contribution in [0.15, 0.2) is 35.4 Å². The van der Waals surface area contributed by atoms with E-state index in [1.54, 1.807) is 12.3 Å². The molecule has 5 heteroatoms. The zero-order chi connectivity index (χ0) is 16.1. The van der Waals surface area contributed by atoms with Crippen LogP contribution in [0.3, 0.4) is 0 Å². The molecule has 0 spiro atoms. The van der Waals surface area contributed by atoms with Crippen LogP contribution >= 0.6 is 0 Å². The maximum absolute atomic E-state index is 11.9. The lowest BCUT2D eigenvalue weighted by molar-refractivity contribution is 0.0950. The summed E-state index contributed by atoms with van der Waals surface area (Å²) in [5.74, 6) is 0.482. The summed E-state index contributed by atoms with van der Waals surface area (Å²) in [6.07, 6.45) is 1.62. The molecule has 0 aliphatic heterocycles. The Morgan fingerprint density at radius 1 is 1.18 bits per heavy atom. The van der Waals surface area contributed by atoms with Gasteiger partial charge < -0.3 is 0 Å². The monoisotopic (exact) mass is 298 g/mol. The fourth-order valence-corrected chi connectivity index (χ4v) is 1.94. The number of rotatable bonds is 5. The highest BCUT2D eigenvalue weighted by molar-refractivity contribution is 5.93. The van der Waals surface area contributed by atoms with E-state index in [4.69, 9.17) is 0 Å². The van der Waals surface area contributed by atoms with Crippen molar-refractivity contribution in [3.63, 3.8) is 0 Å². The van der Waals surface area contributed by atoms with Gasteiger partial charge in [-0.1, -0.05) is 52.0 Å². The van der Waals surface area contributed by atoms with Gasteiger partial charge in [-0.3, -0.25) is 9.89 Å². The maximum atomic E-state index is 11.9. The number of hydrazone groups is 1. The van der Waals surface area contributed by atoms with Gasteiger partial charge >= 0.3 is 0 Å². The third kappa shape index (κ3) is 4.04. The molecule has 0 aliphatic carbocycles. The number of nitrogens with zero attached hydrogens (tertiary/aromatic N) is 2. The number of amides is 1. The molecule has 22 heavy (non-hydrogen) atoms. The topological polar surface area (TPSA) is 70.1 Å². The number of hydrogen-bond donors (Lipinski definition) is 2. The summed E-state index contributed by atoms with van der Waals surface area (Å²) in [6.45, 7) is 8.37. The zero-order valence-corrected chi connectivity index (χ0v) is 13.4. The first kappa shape index (κ1) is 15.9. The van der Waals surface area contributed by atoms with E-state index >= 15 is 0 Å². The summed E-state index contributed by atoms with van der Waals surface area (Å²) in [4.78, 5) is 11.9. The highest BCUT2D eigenvalue weighted by atomic mass is 16.2. The highest BCUT2D eigenvalue weighted by Crippen LogP contribution is 2.14. The Morgan fingerprint density at radius 3 is 2.41 bits per heavy atom. The number of carbonyl (C=O) groups is 1. The Morgan fingerprint density at radius 2 is 1.86 bits per heavy atom. The van der Waals surface area contributed by atoms with E-state index in [2.05, 4.69) is 46.7 Å². The molecular weight excluding hydrogens is 276 g/mol. The average Bonchev–Trinajstić information content (AvgIpc) is 2.98. The van der Waals surface area contributed by atoms with Gasteiger partial charge in [0.05, 0.1) is 6.21 Å². The summed E-state index contributed by atoms with van der Waals surface area (Å²) < 4.78 is 0. The van der Waals surface area contributed by atoms with Gasteiger partial charge in [-0.15, -0.1) is 0 Å². The standard InChI is InChI=1S/C17H22N4O/c1-11(2)14-7-5-13(6-8-14)10-18-21-17(22)16-9-15(12(3)4)19-20-16/h5-12H,1-4H3,(H,19,20)(H,21,22)/b18-10+. The first-order valence-electron chi connectivity index (χ1n) is 7.46. The van der Waals surface area contributed by atoms with E-state index < -0.39 is 0 Å². The van der Waals surface area contributed by atoms with Crippen molar-refractivity contribution in [1.82, 2.24) is 15.6 Å². The molecule has 5 nitrogen and oxygen atoms in total. The number of aromatic amines is 1. The van der Waals surface area contributed by atoms with Crippen molar-refractivity contribution in [3.8, 4) is 0 Å². The molecule has 0 saturated carbocycles.